The fourth-order valence-electron chi connectivity index (χ4n) is 4.66. The van der Waals surface area contributed by atoms with Crippen LogP contribution < -0.4 is 0 Å². The van der Waals surface area contributed by atoms with Gasteiger partial charge >= 0.3 is 5.97 Å². The van der Waals surface area contributed by atoms with Crippen LogP contribution in [0.15, 0.2) is 36.4 Å². The number of pyridine rings is 1. The Kier molecular flexibility index (Phi) is 14.0. The van der Waals surface area contributed by atoms with E-state index in [2.05, 4.69) is 92.9 Å². The summed E-state index contributed by atoms with van der Waals surface area (Å²) in [6, 6.07) is 10.2. The van der Waals surface area contributed by atoms with E-state index in [1.54, 1.807) is 0 Å². The number of fused-ring (bicyclic) bond motifs is 1. The molecule has 1 aromatic heterocycles. The first-order valence-corrected chi connectivity index (χ1v) is 22.3. The first-order valence-electron chi connectivity index (χ1n) is 16.5. The molecule has 2 rings (SSSR count). The highest BCUT2D eigenvalue weighted by Crippen LogP contribution is 2.41. The highest BCUT2D eigenvalue weighted by atomic mass is 28.4. The zero-order valence-corrected chi connectivity index (χ0v) is 31.8. The minimum absolute atomic E-state index is 0.00357. The summed E-state index contributed by atoms with van der Waals surface area (Å²) < 4.78 is 19.1. The molecule has 0 aliphatic carbocycles. The zero-order chi connectivity index (χ0) is 33.3. The van der Waals surface area contributed by atoms with Gasteiger partial charge in [-0.3, -0.25) is 9.78 Å². The SMILES string of the molecule is CCCCC[C@H](O)c1nc(/C=C/[C@@H](O[Si](C)(C)C(C)(C)C)[C@H](CCCC(=O)OC)O[Si](C)(C)C(C)(C)C)cc2ccccc12. The van der Waals surface area contributed by atoms with Gasteiger partial charge in [0.05, 0.1) is 36.8 Å². The Bertz CT molecular complexity index is 1230. The number of aliphatic hydroxyl groups excluding tert-OH is 1. The Hall–Kier alpha value is -1.85. The van der Waals surface area contributed by atoms with Crippen LogP contribution in [0.1, 0.15) is 111 Å². The van der Waals surface area contributed by atoms with Crippen LogP contribution in [0.2, 0.25) is 36.3 Å². The number of carbonyl (C=O) groups is 1. The fourth-order valence-corrected chi connectivity index (χ4v) is 7.28. The third-order valence-corrected chi connectivity index (χ3v) is 18.6. The summed E-state index contributed by atoms with van der Waals surface area (Å²) in [5.74, 6) is -0.209. The largest absolute Gasteiger partial charge is 0.469 e. The van der Waals surface area contributed by atoms with Crippen molar-refractivity contribution in [2.75, 3.05) is 7.11 Å². The number of nitrogens with zero attached hydrogens (tertiary/aromatic N) is 1. The molecule has 0 spiro atoms. The van der Waals surface area contributed by atoms with Gasteiger partial charge in [0.25, 0.3) is 0 Å². The number of unbranched alkanes of at least 4 members (excludes halogenated alkanes) is 2. The van der Waals surface area contributed by atoms with E-state index in [1.165, 1.54) is 7.11 Å². The van der Waals surface area contributed by atoms with E-state index in [0.29, 0.717) is 25.7 Å². The van der Waals surface area contributed by atoms with Gasteiger partial charge in [0.1, 0.15) is 0 Å². The van der Waals surface area contributed by atoms with Crippen LogP contribution >= 0.6 is 0 Å². The molecule has 0 radical (unpaired) electrons. The second-order valence-electron chi connectivity index (χ2n) is 15.3. The molecule has 1 heterocycles. The summed E-state index contributed by atoms with van der Waals surface area (Å²) in [5, 5.41) is 13.3. The van der Waals surface area contributed by atoms with Gasteiger partial charge in [-0.1, -0.05) is 98.1 Å². The van der Waals surface area contributed by atoms with Crippen molar-refractivity contribution in [1.82, 2.24) is 4.98 Å². The number of methoxy groups -OCH3 is 1. The highest BCUT2D eigenvalue weighted by Gasteiger charge is 2.44. The van der Waals surface area contributed by atoms with Crippen molar-refractivity contribution in [2.24, 2.45) is 0 Å². The molecule has 2 aromatic rings. The van der Waals surface area contributed by atoms with E-state index in [-0.39, 0.29) is 28.3 Å². The van der Waals surface area contributed by atoms with E-state index in [9.17, 15) is 9.90 Å². The van der Waals surface area contributed by atoms with Gasteiger partial charge in [-0.05, 0) is 73.1 Å². The maximum absolute atomic E-state index is 12.0. The number of hydrogen-bond donors (Lipinski definition) is 1. The lowest BCUT2D eigenvalue weighted by atomic mass is 10.0. The second kappa shape index (κ2) is 16.1. The van der Waals surface area contributed by atoms with Crippen LogP contribution in [0.5, 0.6) is 0 Å². The van der Waals surface area contributed by atoms with Gasteiger partial charge in [-0.2, -0.15) is 0 Å². The molecule has 248 valence electrons. The lowest BCUT2D eigenvalue weighted by Gasteiger charge is -2.44. The number of carbonyl (C=O) groups excluding carboxylic acids is 1. The minimum atomic E-state index is -2.22. The maximum Gasteiger partial charge on any atom is 0.305 e. The zero-order valence-electron chi connectivity index (χ0n) is 29.8. The van der Waals surface area contributed by atoms with Crippen molar-refractivity contribution in [3.05, 3.63) is 47.8 Å². The Morgan fingerprint density at radius 3 is 2.14 bits per heavy atom. The van der Waals surface area contributed by atoms with E-state index in [1.807, 2.05) is 24.3 Å². The molecule has 0 amide bonds. The molecule has 3 atom stereocenters. The van der Waals surface area contributed by atoms with E-state index in [0.717, 1.165) is 41.4 Å². The third kappa shape index (κ3) is 10.9. The highest BCUT2D eigenvalue weighted by molar-refractivity contribution is 6.74. The number of aromatic nitrogens is 1. The number of esters is 1. The predicted molar refractivity (Wildman–Crippen MR) is 190 cm³/mol. The van der Waals surface area contributed by atoms with Crippen molar-refractivity contribution >= 4 is 39.5 Å². The van der Waals surface area contributed by atoms with Crippen LogP contribution in [0.4, 0.5) is 0 Å². The number of hydrogen-bond acceptors (Lipinski definition) is 6. The molecule has 8 heteroatoms. The van der Waals surface area contributed by atoms with Gasteiger partial charge in [0.15, 0.2) is 16.6 Å². The summed E-state index contributed by atoms with van der Waals surface area (Å²) in [5.41, 5.74) is 1.52. The number of rotatable bonds is 16. The minimum Gasteiger partial charge on any atom is -0.469 e. The average Bonchev–Trinajstić information content (AvgIpc) is 2.92. The van der Waals surface area contributed by atoms with Crippen LogP contribution in [0.3, 0.4) is 0 Å². The molecule has 0 aliphatic heterocycles. The average molecular weight is 644 g/mol. The molecule has 0 fully saturated rings. The molecular weight excluding hydrogens is 583 g/mol. The molecular formula is C36H61NO5Si2. The van der Waals surface area contributed by atoms with Crippen molar-refractivity contribution in [3.63, 3.8) is 0 Å². The summed E-state index contributed by atoms with van der Waals surface area (Å²) >= 11 is 0. The van der Waals surface area contributed by atoms with E-state index < -0.39 is 22.7 Å². The third-order valence-electron chi connectivity index (χ3n) is 9.60. The van der Waals surface area contributed by atoms with E-state index >= 15 is 0 Å². The Morgan fingerprint density at radius 1 is 0.932 bits per heavy atom. The van der Waals surface area contributed by atoms with E-state index in [4.69, 9.17) is 18.6 Å². The standard InChI is InChI=1S/C36H61NO5Si2/c1-13-14-15-21-30(38)34-29-20-17-16-19-27(29)26-28(37-34)24-25-32(42-44(11,12)36(5,6)7)31(22-18-23-33(39)40-8)41-43(9,10)35(2,3)4/h16-17,19-20,24-26,30-32,38H,13-15,18,21-23H2,1-12H3/b25-24+/t30-,31-,32+/m0/s1. The van der Waals surface area contributed by atoms with Crippen LogP contribution in [0, 0.1) is 0 Å². The molecule has 44 heavy (non-hydrogen) atoms. The molecule has 0 unspecified atom stereocenters. The first-order chi connectivity index (χ1) is 20.3. The predicted octanol–water partition coefficient (Wildman–Crippen LogP) is 9.99. The normalized spacial score (nSPS) is 15.5. The smallest absolute Gasteiger partial charge is 0.305 e. The summed E-state index contributed by atoms with van der Waals surface area (Å²) in [7, 11) is -2.97. The fraction of sp³-hybridized carbons (Fsp3) is 0.667. The number of benzene rings is 1. The molecule has 0 saturated heterocycles. The Morgan fingerprint density at radius 2 is 1.55 bits per heavy atom. The van der Waals surface area contributed by atoms with Crippen molar-refractivity contribution < 1.29 is 23.5 Å². The number of ether oxygens (including phenoxy) is 1. The Balaban J connectivity index is 2.60. The molecule has 1 aromatic carbocycles. The molecule has 1 N–H and O–H groups in total. The molecule has 0 saturated carbocycles. The monoisotopic (exact) mass is 643 g/mol. The summed E-state index contributed by atoms with van der Waals surface area (Å²) in [6.45, 7) is 24.7. The summed E-state index contributed by atoms with van der Waals surface area (Å²) in [6.07, 6.45) is 8.50. The van der Waals surface area contributed by atoms with Gasteiger partial charge < -0.3 is 18.7 Å². The van der Waals surface area contributed by atoms with Crippen LogP contribution in [0.25, 0.3) is 16.8 Å². The van der Waals surface area contributed by atoms with Crippen molar-refractivity contribution in [1.29, 1.82) is 0 Å². The second-order valence-corrected chi connectivity index (χ2v) is 24.8. The van der Waals surface area contributed by atoms with Gasteiger partial charge in [0, 0.05) is 11.8 Å². The van der Waals surface area contributed by atoms with Gasteiger partial charge in [-0.25, -0.2) is 0 Å². The van der Waals surface area contributed by atoms with Gasteiger partial charge in [-0.15, -0.1) is 0 Å². The van der Waals surface area contributed by atoms with Gasteiger partial charge in [0.2, 0.25) is 0 Å². The van der Waals surface area contributed by atoms with Crippen molar-refractivity contribution in [2.45, 2.75) is 148 Å². The molecule has 0 bridgehead atoms. The molecule has 6 nitrogen and oxygen atoms in total. The van der Waals surface area contributed by atoms with Crippen molar-refractivity contribution in [3.8, 4) is 0 Å². The van der Waals surface area contributed by atoms with Crippen LogP contribution in [-0.2, 0) is 18.4 Å². The number of aliphatic hydroxyl groups is 1. The quantitative estimate of drug-likeness (QED) is 0.111. The molecule has 0 aliphatic rings. The Labute approximate surface area is 270 Å². The lowest BCUT2D eigenvalue weighted by Crippen LogP contribution is -2.51. The maximum atomic E-state index is 12.0. The lowest BCUT2D eigenvalue weighted by molar-refractivity contribution is -0.140. The first kappa shape index (κ1) is 38.3. The van der Waals surface area contributed by atoms with Crippen LogP contribution in [-0.4, -0.2) is 52.0 Å². The topological polar surface area (TPSA) is 77.9 Å². The summed E-state index contributed by atoms with van der Waals surface area (Å²) in [4.78, 5) is 17.0.